The molecule has 148 valence electrons. The first-order chi connectivity index (χ1) is 13.2. The SMILES string of the molecule is COc1ccc(N[C@H]2CC[C@H](C(=O)N3CCN(C4CCC4)CC3)CC2)cn1. The van der Waals surface area contributed by atoms with Crippen LogP contribution in [0.5, 0.6) is 5.88 Å². The Labute approximate surface area is 162 Å². The molecule has 4 rings (SSSR count). The fourth-order valence-corrected chi connectivity index (χ4v) is 4.62. The quantitative estimate of drug-likeness (QED) is 0.861. The standard InChI is InChI=1S/C21H32N4O2/c1-27-20-10-9-18(15-22-20)23-17-7-5-16(6-8-17)21(26)25-13-11-24(12-14-25)19-3-2-4-19/h9-10,15-17,19,23H,2-8,11-14H2,1H3/t16-,17-. The minimum atomic E-state index is 0.215. The zero-order valence-electron chi connectivity index (χ0n) is 16.4. The van der Waals surface area contributed by atoms with Gasteiger partial charge in [-0.2, -0.15) is 0 Å². The van der Waals surface area contributed by atoms with Gasteiger partial charge in [0, 0.05) is 50.2 Å². The molecular formula is C21H32N4O2. The second-order valence-electron chi connectivity index (χ2n) is 8.23. The molecule has 0 spiro atoms. The van der Waals surface area contributed by atoms with Gasteiger partial charge in [0.1, 0.15) is 0 Å². The molecule has 0 radical (unpaired) electrons. The van der Waals surface area contributed by atoms with Crippen molar-refractivity contribution in [3.63, 3.8) is 0 Å². The van der Waals surface area contributed by atoms with Crippen LogP contribution < -0.4 is 10.1 Å². The predicted octanol–water partition coefficient (Wildman–Crippen LogP) is 2.76. The molecule has 2 saturated carbocycles. The highest BCUT2D eigenvalue weighted by Gasteiger charge is 2.33. The molecule has 6 heteroatoms. The third kappa shape index (κ3) is 4.37. The average molecular weight is 373 g/mol. The lowest BCUT2D eigenvalue weighted by Crippen LogP contribution is -2.54. The Hall–Kier alpha value is -1.82. The summed E-state index contributed by atoms with van der Waals surface area (Å²) in [6.07, 6.45) is 9.98. The van der Waals surface area contributed by atoms with Gasteiger partial charge in [0.2, 0.25) is 11.8 Å². The van der Waals surface area contributed by atoms with Gasteiger partial charge >= 0.3 is 0 Å². The van der Waals surface area contributed by atoms with Gasteiger partial charge in [-0.25, -0.2) is 4.98 Å². The summed E-state index contributed by atoms with van der Waals surface area (Å²) in [6, 6.07) is 5.11. The summed E-state index contributed by atoms with van der Waals surface area (Å²) in [6.45, 7) is 3.98. The normalized spacial score (nSPS) is 27.1. The third-order valence-corrected chi connectivity index (χ3v) is 6.61. The first-order valence-corrected chi connectivity index (χ1v) is 10.5. The number of hydrogen-bond donors (Lipinski definition) is 1. The van der Waals surface area contributed by atoms with E-state index in [0.29, 0.717) is 17.8 Å². The zero-order valence-corrected chi connectivity index (χ0v) is 16.4. The molecule has 3 aliphatic rings. The van der Waals surface area contributed by atoms with Crippen LogP contribution in [0.25, 0.3) is 0 Å². The van der Waals surface area contributed by atoms with Crippen LogP contribution in [0.3, 0.4) is 0 Å². The maximum absolute atomic E-state index is 12.9. The van der Waals surface area contributed by atoms with E-state index in [4.69, 9.17) is 4.74 Å². The summed E-state index contributed by atoms with van der Waals surface area (Å²) >= 11 is 0. The van der Waals surface area contributed by atoms with Gasteiger partial charge in [-0.1, -0.05) is 6.42 Å². The van der Waals surface area contributed by atoms with Crippen molar-refractivity contribution in [2.45, 2.75) is 57.0 Å². The largest absolute Gasteiger partial charge is 0.481 e. The number of hydrogen-bond acceptors (Lipinski definition) is 5. The first-order valence-electron chi connectivity index (χ1n) is 10.5. The summed E-state index contributed by atoms with van der Waals surface area (Å²) in [5.74, 6) is 1.24. The minimum absolute atomic E-state index is 0.215. The average Bonchev–Trinajstić information content (AvgIpc) is 2.68. The molecule has 2 aliphatic carbocycles. The molecule has 3 fully saturated rings. The van der Waals surface area contributed by atoms with Gasteiger partial charge in [-0.15, -0.1) is 0 Å². The van der Waals surface area contributed by atoms with Crippen molar-refractivity contribution in [1.82, 2.24) is 14.8 Å². The van der Waals surface area contributed by atoms with E-state index in [1.54, 1.807) is 7.11 Å². The molecule has 0 unspecified atom stereocenters. The summed E-state index contributed by atoms with van der Waals surface area (Å²) in [7, 11) is 1.63. The number of nitrogens with zero attached hydrogens (tertiary/aromatic N) is 3. The summed E-state index contributed by atoms with van der Waals surface area (Å²) < 4.78 is 5.10. The van der Waals surface area contributed by atoms with Crippen LogP contribution >= 0.6 is 0 Å². The van der Waals surface area contributed by atoms with Gasteiger partial charge in [-0.3, -0.25) is 9.69 Å². The third-order valence-electron chi connectivity index (χ3n) is 6.61. The van der Waals surface area contributed by atoms with Gasteiger partial charge < -0.3 is 15.0 Å². The Morgan fingerprint density at radius 3 is 2.37 bits per heavy atom. The molecule has 0 bridgehead atoms. The van der Waals surface area contributed by atoms with Crippen LogP contribution in [-0.2, 0) is 4.79 Å². The smallest absolute Gasteiger partial charge is 0.225 e. The maximum atomic E-state index is 12.9. The van der Waals surface area contributed by atoms with Crippen molar-refractivity contribution in [2.24, 2.45) is 5.92 Å². The lowest BCUT2D eigenvalue weighted by atomic mass is 9.85. The molecule has 1 N–H and O–H groups in total. The number of aromatic nitrogens is 1. The lowest BCUT2D eigenvalue weighted by Gasteiger charge is -2.44. The van der Waals surface area contributed by atoms with Crippen LogP contribution in [0.1, 0.15) is 44.9 Å². The van der Waals surface area contributed by atoms with E-state index < -0.39 is 0 Å². The molecule has 0 aromatic carbocycles. The van der Waals surface area contributed by atoms with Crippen molar-refractivity contribution in [3.8, 4) is 5.88 Å². The lowest BCUT2D eigenvalue weighted by molar-refractivity contribution is -0.139. The Kier molecular flexibility index (Phi) is 5.81. The highest BCUT2D eigenvalue weighted by atomic mass is 16.5. The van der Waals surface area contributed by atoms with Gasteiger partial charge in [0.05, 0.1) is 19.0 Å². The number of methoxy groups -OCH3 is 1. The summed E-state index contributed by atoms with van der Waals surface area (Å²) in [4.78, 5) is 21.9. The zero-order chi connectivity index (χ0) is 18.6. The van der Waals surface area contributed by atoms with Crippen molar-refractivity contribution in [3.05, 3.63) is 18.3 Å². The van der Waals surface area contributed by atoms with Crippen molar-refractivity contribution < 1.29 is 9.53 Å². The number of piperazine rings is 1. The molecule has 1 aromatic heterocycles. The Bertz CT molecular complexity index is 616. The van der Waals surface area contributed by atoms with E-state index in [-0.39, 0.29) is 5.92 Å². The van der Waals surface area contributed by atoms with E-state index >= 15 is 0 Å². The molecule has 1 aromatic rings. The topological polar surface area (TPSA) is 57.7 Å². The van der Waals surface area contributed by atoms with Crippen LogP contribution in [0, 0.1) is 5.92 Å². The van der Waals surface area contributed by atoms with Gasteiger partial charge in [-0.05, 0) is 44.6 Å². The minimum Gasteiger partial charge on any atom is -0.481 e. The number of ether oxygens (including phenoxy) is 1. The number of rotatable bonds is 5. The number of anilines is 1. The molecule has 6 nitrogen and oxygen atoms in total. The highest BCUT2D eigenvalue weighted by molar-refractivity contribution is 5.79. The molecular weight excluding hydrogens is 340 g/mol. The number of nitrogens with one attached hydrogen (secondary N) is 1. The van der Waals surface area contributed by atoms with Crippen LogP contribution in [0.15, 0.2) is 18.3 Å². The van der Waals surface area contributed by atoms with Crippen LogP contribution in [-0.4, -0.2) is 66.1 Å². The number of carbonyl (C=O) groups excluding carboxylic acids is 1. The Morgan fingerprint density at radius 1 is 1.07 bits per heavy atom. The van der Waals surface area contributed by atoms with E-state index in [1.807, 2.05) is 18.3 Å². The Morgan fingerprint density at radius 2 is 1.81 bits per heavy atom. The molecule has 2 heterocycles. The monoisotopic (exact) mass is 372 g/mol. The summed E-state index contributed by atoms with van der Waals surface area (Å²) in [5.41, 5.74) is 1.03. The van der Waals surface area contributed by atoms with Crippen LogP contribution in [0.2, 0.25) is 0 Å². The molecule has 1 aliphatic heterocycles. The van der Waals surface area contributed by atoms with Crippen molar-refractivity contribution in [2.75, 3.05) is 38.6 Å². The molecule has 27 heavy (non-hydrogen) atoms. The number of amides is 1. The van der Waals surface area contributed by atoms with E-state index in [9.17, 15) is 4.79 Å². The fraction of sp³-hybridized carbons (Fsp3) is 0.714. The van der Waals surface area contributed by atoms with Crippen molar-refractivity contribution in [1.29, 1.82) is 0 Å². The van der Waals surface area contributed by atoms with E-state index in [1.165, 1.54) is 19.3 Å². The van der Waals surface area contributed by atoms with E-state index in [0.717, 1.165) is 63.6 Å². The fourth-order valence-electron chi connectivity index (χ4n) is 4.62. The number of pyridine rings is 1. The maximum Gasteiger partial charge on any atom is 0.225 e. The second kappa shape index (κ2) is 8.46. The van der Waals surface area contributed by atoms with Crippen molar-refractivity contribution >= 4 is 11.6 Å². The van der Waals surface area contributed by atoms with Gasteiger partial charge in [0.25, 0.3) is 0 Å². The van der Waals surface area contributed by atoms with Gasteiger partial charge in [0.15, 0.2) is 0 Å². The molecule has 1 amide bonds. The van der Waals surface area contributed by atoms with Crippen LogP contribution in [0.4, 0.5) is 5.69 Å². The Balaban J connectivity index is 1.21. The predicted molar refractivity (Wildman–Crippen MR) is 106 cm³/mol. The first kappa shape index (κ1) is 18.5. The summed E-state index contributed by atoms with van der Waals surface area (Å²) in [5, 5.41) is 3.55. The highest BCUT2D eigenvalue weighted by Crippen LogP contribution is 2.30. The molecule has 0 atom stereocenters. The van der Waals surface area contributed by atoms with E-state index in [2.05, 4.69) is 20.1 Å². The molecule has 1 saturated heterocycles. The number of carbonyl (C=O) groups is 1. The second-order valence-corrected chi connectivity index (χ2v) is 8.23.